The highest BCUT2D eigenvalue weighted by Gasteiger charge is 2.21. The monoisotopic (exact) mass is 350 g/mol. The van der Waals surface area contributed by atoms with Gasteiger partial charge in [-0.2, -0.15) is 5.10 Å². The number of rotatable bonds is 4. The highest BCUT2D eigenvalue weighted by molar-refractivity contribution is 9.10. The summed E-state index contributed by atoms with van der Waals surface area (Å²) in [6.07, 6.45) is 0. The second-order valence-corrected chi connectivity index (χ2v) is 6.13. The Labute approximate surface area is 132 Å². The molecule has 0 saturated carbocycles. The van der Waals surface area contributed by atoms with Crippen LogP contribution in [0.25, 0.3) is 0 Å². The van der Waals surface area contributed by atoms with E-state index in [1.807, 2.05) is 45.0 Å². The number of aromatic nitrogens is 2. The van der Waals surface area contributed by atoms with Gasteiger partial charge in [0.25, 0.3) is 5.91 Å². The summed E-state index contributed by atoms with van der Waals surface area (Å²) in [5.41, 5.74) is 8.44. The fraction of sp³-hybridized carbons (Fsp3) is 0.333. The van der Waals surface area contributed by atoms with Gasteiger partial charge in [0.2, 0.25) is 0 Å². The molecule has 0 spiro atoms. The molecule has 1 atom stereocenters. The van der Waals surface area contributed by atoms with Crippen molar-refractivity contribution in [1.82, 2.24) is 15.5 Å². The number of amides is 1. The maximum Gasteiger partial charge on any atom is 0.274 e. The second kappa shape index (κ2) is 6.30. The lowest BCUT2D eigenvalue weighted by Gasteiger charge is -2.15. The molecule has 0 aliphatic carbocycles. The molecule has 4 N–H and O–H groups in total. The number of nitrogens with one attached hydrogen (secondary N) is 2. The van der Waals surface area contributed by atoms with Gasteiger partial charge in [-0.15, -0.1) is 0 Å². The first-order chi connectivity index (χ1) is 9.91. The van der Waals surface area contributed by atoms with E-state index >= 15 is 0 Å². The molecule has 0 radical (unpaired) electrons. The molecular weight excluding hydrogens is 332 g/mol. The number of halogens is 1. The number of H-pyrrole nitrogens is 1. The van der Waals surface area contributed by atoms with Crippen molar-refractivity contribution in [2.24, 2.45) is 0 Å². The lowest BCUT2D eigenvalue weighted by atomic mass is 10.1. The summed E-state index contributed by atoms with van der Waals surface area (Å²) in [6, 6.07) is 7.62. The molecule has 0 aliphatic heterocycles. The molecule has 112 valence electrons. The Kier molecular flexibility index (Phi) is 4.67. The lowest BCUT2D eigenvalue weighted by molar-refractivity contribution is 0.0935. The predicted molar refractivity (Wildman–Crippen MR) is 87.1 cm³/mol. The predicted octanol–water partition coefficient (Wildman–Crippen LogP) is 3.37. The third-order valence-corrected chi connectivity index (χ3v) is 4.07. The summed E-state index contributed by atoms with van der Waals surface area (Å²) in [4.78, 5) is 12.3. The molecule has 0 bridgehead atoms. The average molecular weight is 351 g/mol. The van der Waals surface area contributed by atoms with E-state index in [1.54, 1.807) is 0 Å². The van der Waals surface area contributed by atoms with Crippen molar-refractivity contribution in [2.75, 3.05) is 5.73 Å². The summed E-state index contributed by atoms with van der Waals surface area (Å²) < 4.78 is 0.954. The molecule has 1 amide bonds. The van der Waals surface area contributed by atoms with Crippen LogP contribution in [-0.2, 0) is 0 Å². The number of aromatic amines is 1. The minimum absolute atomic E-state index is 0.147. The van der Waals surface area contributed by atoms with E-state index < -0.39 is 0 Å². The third kappa shape index (κ3) is 3.26. The van der Waals surface area contributed by atoms with Crippen molar-refractivity contribution in [3.63, 3.8) is 0 Å². The normalized spacial score (nSPS) is 12.4. The quantitative estimate of drug-likeness (QED) is 0.790. The van der Waals surface area contributed by atoms with Gasteiger partial charge in [-0.1, -0.05) is 48.0 Å². The maximum absolute atomic E-state index is 12.3. The minimum Gasteiger partial charge on any atom is -0.395 e. The van der Waals surface area contributed by atoms with E-state index in [-0.39, 0.29) is 23.6 Å². The Morgan fingerprint density at radius 3 is 2.57 bits per heavy atom. The van der Waals surface area contributed by atoms with Crippen molar-refractivity contribution in [2.45, 2.75) is 32.7 Å². The standard InChI is InChI=1S/C15H19BrN4O/c1-8(2)13-12(17)14(20-19-13)15(21)18-9(3)10-6-4-5-7-11(10)16/h4-9H,17H2,1-3H3,(H,18,21)(H,19,20). The molecule has 2 aromatic rings. The van der Waals surface area contributed by atoms with E-state index in [4.69, 9.17) is 5.73 Å². The van der Waals surface area contributed by atoms with Crippen molar-refractivity contribution in [3.8, 4) is 0 Å². The van der Waals surface area contributed by atoms with Crippen molar-refractivity contribution in [3.05, 3.63) is 45.7 Å². The van der Waals surface area contributed by atoms with Crippen LogP contribution in [0.4, 0.5) is 5.69 Å². The Morgan fingerprint density at radius 1 is 1.33 bits per heavy atom. The maximum atomic E-state index is 12.3. The van der Waals surface area contributed by atoms with Gasteiger partial charge in [0, 0.05) is 4.47 Å². The first-order valence-electron chi connectivity index (χ1n) is 6.80. The lowest BCUT2D eigenvalue weighted by Crippen LogP contribution is -2.27. The van der Waals surface area contributed by atoms with Gasteiger partial charge in [-0.3, -0.25) is 9.89 Å². The zero-order chi connectivity index (χ0) is 15.6. The van der Waals surface area contributed by atoms with Crippen LogP contribution in [0.2, 0.25) is 0 Å². The number of hydrogen-bond acceptors (Lipinski definition) is 3. The summed E-state index contributed by atoms with van der Waals surface area (Å²) in [6.45, 7) is 5.91. The van der Waals surface area contributed by atoms with Gasteiger partial charge < -0.3 is 11.1 Å². The van der Waals surface area contributed by atoms with E-state index in [1.165, 1.54) is 0 Å². The second-order valence-electron chi connectivity index (χ2n) is 5.27. The Balaban J connectivity index is 2.17. The zero-order valence-corrected chi connectivity index (χ0v) is 13.9. The number of carbonyl (C=O) groups is 1. The van der Waals surface area contributed by atoms with Crippen LogP contribution in [0.3, 0.4) is 0 Å². The van der Waals surface area contributed by atoms with Crippen LogP contribution in [0.1, 0.15) is 54.5 Å². The fourth-order valence-corrected chi connectivity index (χ4v) is 2.77. The Morgan fingerprint density at radius 2 is 2.00 bits per heavy atom. The summed E-state index contributed by atoms with van der Waals surface area (Å²) in [5.74, 6) is -0.0846. The molecule has 0 saturated heterocycles. The highest BCUT2D eigenvalue weighted by atomic mass is 79.9. The molecule has 1 aromatic heterocycles. The number of nitrogen functional groups attached to an aromatic ring is 1. The SMILES string of the molecule is CC(C)c1[nH]nc(C(=O)NC(C)c2ccccc2Br)c1N. The van der Waals surface area contributed by atoms with Gasteiger partial charge in [0.1, 0.15) is 0 Å². The molecule has 1 unspecified atom stereocenters. The minimum atomic E-state index is -0.279. The number of nitrogens with two attached hydrogens (primary N) is 1. The average Bonchev–Trinajstić information content (AvgIpc) is 2.81. The van der Waals surface area contributed by atoms with Crippen LogP contribution in [-0.4, -0.2) is 16.1 Å². The first kappa shape index (κ1) is 15.6. The number of anilines is 1. The fourth-order valence-electron chi connectivity index (χ4n) is 2.15. The summed E-state index contributed by atoms with van der Waals surface area (Å²) >= 11 is 3.48. The summed E-state index contributed by atoms with van der Waals surface area (Å²) in [5, 5.41) is 9.78. The van der Waals surface area contributed by atoms with Crippen LogP contribution >= 0.6 is 15.9 Å². The third-order valence-electron chi connectivity index (χ3n) is 3.35. The van der Waals surface area contributed by atoms with Crippen molar-refractivity contribution >= 4 is 27.5 Å². The van der Waals surface area contributed by atoms with Gasteiger partial charge in [-0.05, 0) is 24.5 Å². The van der Waals surface area contributed by atoms with E-state index in [0.29, 0.717) is 5.69 Å². The van der Waals surface area contributed by atoms with E-state index in [9.17, 15) is 4.79 Å². The van der Waals surface area contributed by atoms with Crippen LogP contribution in [0, 0.1) is 0 Å². The largest absolute Gasteiger partial charge is 0.395 e. The van der Waals surface area contributed by atoms with Gasteiger partial charge >= 0.3 is 0 Å². The van der Waals surface area contributed by atoms with Crippen LogP contribution < -0.4 is 11.1 Å². The molecule has 0 fully saturated rings. The van der Waals surface area contributed by atoms with Crippen molar-refractivity contribution in [1.29, 1.82) is 0 Å². The van der Waals surface area contributed by atoms with E-state index in [0.717, 1.165) is 15.7 Å². The molecule has 2 rings (SSSR count). The topological polar surface area (TPSA) is 83.8 Å². The molecular formula is C15H19BrN4O. The highest BCUT2D eigenvalue weighted by Crippen LogP contribution is 2.25. The van der Waals surface area contributed by atoms with Crippen molar-refractivity contribution < 1.29 is 4.79 Å². The Hall–Kier alpha value is -1.82. The summed E-state index contributed by atoms with van der Waals surface area (Å²) in [7, 11) is 0. The molecule has 5 nitrogen and oxygen atoms in total. The number of nitrogens with zero attached hydrogens (tertiary/aromatic N) is 1. The molecule has 0 aliphatic rings. The molecule has 1 aromatic carbocycles. The molecule has 21 heavy (non-hydrogen) atoms. The first-order valence-corrected chi connectivity index (χ1v) is 7.60. The van der Waals surface area contributed by atoms with Gasteiger partial charge in [0.15, 0.2) is 5.69 Å². The zero-order valence-electron chi connectivity index (χ0n) is 12.3. The smallest absolute Gasteiger partial charge is 0.274 e. The van der Waals surface area contributed by atoms with Crippen LogP contribution in [0.5, 0.6) is 0 Å². The molecule has 1 heterocycles. The molecule has 6 heteroatoms. The number of hydrogen-bond donors (Lipinski definition) is 3. The number of carbonyl (C=O) groups excluding carboxylic acids is 1. The van der Waals surface area contributed by atoms with E-state index in [2.05, 4.69) is 31.4 Å². The Bertz CT molecular complexity index is 651. The van der Waals surface area contributed by atoms with Crippen LogP contribution in [0.15, 0.2) is 28.7 Å². The number of benzene rings is 1. The van der Waals surface area contributed by atoms with Gasteiger partial charge in [-0.25, -0.2) is 0 Å². The van der Waals surface area contributed by atoms with Gasteiger partial charge in [0.05, 0.1) is 17.4 Å².